The Morgan fingerprint density at radius 1 is 1.07 bits per heavy atom. The van der Waals surface area contributed by atoms with E-state index in [0.29, 0.717) is 27.9 Å². The van der Waals surface area contributed by atoms with Crippen LogP contribution in [0.2, 0.25) is 10.0 Å². The van der Waals surface area contributed by atoms with E-state index in [2.05, 4.69) is 12.2 Å². The first-order valence-electron chi connectivity index (χ1n) is 9.59. The van der Waals surface area contributed by atoms with Crippen LogP contribution in [0.5, 0.6) is 5.75 Å². The van der Waals surface area contributed by atoms with Crippen molar-refractivity contribution in [1.82, 2.24) is 10.2 Å². The maximum atomic E-state index is 13.0. The van der Waals surface area contributed by atoms with Crippen molar-refractivity contribution in [2.45, 2.75) is 39.8 Å². The average Bonchev–Trinajstić information content (AvgIpc) is 2.72. The van der Waals surface area contributed by atoms with Gasteiger partial charge in [0.1, 0.15) is 11.8 Å². The first-order chi connectivity index (χ1) is 13.9. The van der Waals surface area contributed by atoms with Gasteiger partial charge in [-0.25, -0.2) is 0 Å². The molecule has 7 heteroatoms. The van der Waals surface area contributed by atoms with E-state index in [9.17, 15) is 9.59 Å². The molecule has 0 spiro atoms. The lowest BCUT2D eigenvalue weighted by Crippen LogP contribution is -2.49. The Bertz CT molecular complexity index is 820. The molecular weight excluding hydrogens is 411 g/mol. The fraction of sp³-hybridized carbons (Fsp3) is 0.364. The zero-order valence-electron chi connectivity index (χ0n) is 16.9. The number of benzene rings is 2. The van der Waals surface area contributed by atoms with Crippen LogP contribution in [-0.2, 0) is 22.6 Å². The molecule has 2 aromatic rings. The van der Waals surface area contributed by atoms with Crippen molar-refractivity contribution in [2.75, 3.05) is 13.2 Å². The number of aryl methyl sites for hydroxylation is 1. The molecule has 0 aliphatic rings. The van der Waals surface area contributed by atoms with Gasteiger partial charge in [-0.15, -0.1) is 0 Å². The van der Waals surface area contributed by atoms with Gasteiger partial charge in [-0.3, -0.25) is 9.59 Å². The van der Waals surface area contributed by atoms with Gasteiger partial charge >= 0.3 is 0 Å². The zero-order chi connectivity index (χ0) is 21.4. The number of amides is 2. The summed E-state index contributed by atoms with van der Waals surface area (Å²) >= 11 is 12.5. The fourth-order valence-corrected chi connectivity index (χ4v) is 3.32. The molecule has 0 bridgehead atoms. The van der Waals surface area contributed by atoms with Gasteiger partial charge in [-0.05, 0) is 50.1 Å². The second kappa shape index (κ2) is 11.1. The number of rotatable bonds is 9. The molecule has 0 saturated carbocycles. The van der Waals surface area contributed by atoms with Gasteiger partial charge < -0.3 is 15.0 Å². The SMILES string of the molecule is CCNC(=O)C(C)N(Cc1c(Cl)cccc1Cl)C(=O)COc1ccc(CC)cc1. The quantitative estimate of drug-likeness (QED) is 0.629. The highest BCUT2D eigenvalue weighted by atomic mass is 35.5. The largest absolute Gasteiger partial charge is 0.484 e. The Labute approximate surface area is 181 Å². The van der Waals surface area contributed by atoms with Gasteiger partial charge in [0.15, 0.2) is 6.61 Å². The minimum Gasteiger partial charge on any atom is -0.484 e. The third kappa shape index (κ3) is 6.38. The van der Waals surface area contributed by atoms with Crippen molar-refractivity contribution in [3.8, 4) is 5.75 Å². The molecule has 2 amide bonds. The molecule has 0 saturated heterocycles. The van der Waals surface area contributed by atoms with Crippen LogP contribution < -0.4 is 10.1 Å². The molecule has 1 atom stereocenters. The minimum atomic E-state index is -0.708. The van der Waals surface area contributed by atoms with E-state index in [-0.39, 0.29) is 25.0 Å². The van der Waals surface area contributed by atoms with Gasteiger partial charge in [0.25, 0.3) is 5.91 Å². The molecule has 0 aromatic heterocycles. The number of carbonyl (C=O) groups excluding carboxylic acids is 2. The van der Waals surface area contributed by atoms with Crippen LogP contribution in [0, 0.1) is 0 Å². The molecule has 0 aliphatic carbocycles. The summed E-state index contributed by atoms with van der Waals surface area (Å²) in [7, 11) is 0. The summed E-state index contributed by atoms with van der Waals surface area (Å²) in [6, 6.07) is 12.0. The fourth-order valence-electron chi connectivity index (χ4n) is 2.81. The molecule has 0 aliphatic heterocycles. The van der Waals surface area contributed by atoms with E-state index in [1.165, 1.54) is 10.5 Å². The Balaban J connectivity index is 2.18. The van der Waals surface area contributed by atoms with Crippen LogP contribution in [0.25, 0.3) is 0 Å². The maximum absolute atomic E-state index is 13.0. The Kier molecular flexibility index (Phi) is 8.80. The monoisotopic (exact) mass is 436 g/mol. The topological polar surface area (TPSA) is 58.6 Å². The van der Waals surface area contributed by atoms with Crippen molar-refractivity contribution in [3.05, 3.63) is 63.6 Å². The number of carbonyl (C=O) groups is 2. The summed E-state index contributed by atoms with van der Waals surface area (Å²) < 4.78 is 5.65. The van der Waals surface area contributed by atoms with Crippen molar-refractivity contribution in [3.63, 3.8) is 0 Å². The van der Waals surface area contributed by atoms with Crippen LogP contribution in [-0.4, -0.2) is 35.9 Å². The number of likely N-dealkylation sites (N-methyl/N-ethyl adjacent to an activating group) is 1. The van der Waals surface area contributed by atoms with E-state index < -0.39 is 6.04 Å². The van der Waals surface area contributed by atoms with Crippen LogP contribution in [0.3, 0.4) is 0 Å². The number of nitrogens with one attached hydrogen (secondary N) is 1. The zero-order valence-corrected chi connectivity index (χ0v) is 18.4. The third-order valence-electron chi connectivity index (χ3n) is 4.60. The van der Waals surface area contributed by atoms with Gasteiger partial charge in [0.2, 0.25) is 5.91 Å². The maximum Gasteiger partial charge on any atom is 0.261 e. The lowest BCUT2D eigenvalue weighted by atomic mass is 10.1. The molecule has 156 valence electrons. The third-order valence-corrected chi connectivity index (χ3v) is 5.31. The first kappa shape index (κ1) is 23.0. The van der Waals surface area contributed by atoms with Crippen LogP contribution in [0.4, 0.5) is 0 Å². The molecule has 0 fully saturated rings. The summed E-state index contributed by atoms with van der Waals surface area (Å²) in [6.07, 6.45) is 0.926. The predicted octanol–water partition coefficient (Wildman–Crippen LogP) is 4.49. The van der Waals surface area contributed by atoms with Crippen LogP contribution in [0.1, 0.15) is 31.9 Å². The van der Waals surface area contributed by atoms with Crippen molar-refractivity contribution >= 4 is 35.0 Å². The standard InChI is InChI=1S/C22H26Cl2N2O3/c1-4-16-9-11-17(12-10-16)29-14-21(27)26(15(3)22(28)25-5-2)13-18-19(23)7-6-8-20(18)24/h6-12,15H,4-5,13-14H2,1-3H3,(H,25,28). The van der Waals surface area contributed by atoms with Gasteiger partial charge in [-0.2, -0.15) is 0 Å². The van der Waals surface area contributed by atoms with Crippen molar-refractivity contribution in [1.29, 1.82) is 0 Å². The smallest absolute Gasteiger partial charge is 0.261 e. The summed E-state index contributed by atoms with van der Waals surface area (Å²) in [5.74, 6) is 0.00701. The molecule has 2 aromatic carbocycles. The highest BCUT2D eigenvalue weighted by Gasteiger charge is 2.27. The Morgan fingerprint density at radius 3 is 2.24 bits per heavy atom. The number of halogens is 2. The van der Waals surface area contributed by atoms with Gasteiger partial charge in [-0.1, -0.05) is 48.3 Å². The normalized spacial score (nSPS) is 11.6. The highest BCUT2D eigenvalue weighted by Crippen LogP contribution is 2.26. The van der Waals surface area contributed by atoms with Crippen LogP contribution in [0.15, 0.2) is 42.5 Å². The predicted molar refractivity (Wildman–Crippen MR) is 116 cm³/mol. The van der Waals surface area contributed by atoms with E-state index in [1.54, 1.807) is 25.1 Å². The van der Waals surface area contributed by atoms with Crippen molar-refractivity contribution in [2.24, 2.45) is 0 Å². The molecule has 1 unspecified atom stereocenters. The summed E-state index contributed by atoms with van der Waals surface area (Å²) in [4.78, 5) is 26.8. The molecule has 0 heterocycles. The van der Waals surface area contributed by atoms with Crippen LogP contribution >= 0.6 is 23.2 Å². The molecule has 5 nitrogen and oxygen atoms in total. The average molecular weight is 437 g/mol. The summed E-state index contributed by atoms with van der Waals surface area (Å²) in [6.45, 7) is 5.94. The number of nitrogens with zero attached hydrogens (tertiary/aromatic N) is 1. The molecule has 2 rings (SSSR count). The van der Waals surface area contributed by atoms with E-state index in [0.717, 1.165) is 6.42 Å². The molecule has 0 radical (unpaired) electrons. The highest BCUT2D eigenvalue weighted by molar-refractivity contribution is 6.36. The molecule has 1 N–H and O–H groups in total. The summed E-state index contributed by atoms with van der Waals surface area (Å²) in [5, 5.41) is 3.62. The Morgan fingerprint density at radius 2 is 1.69 bits per heavy atom. The van der Waals surface area contributed by atoms with E-state index in [1.807, 2.05) is 31.2 Å². The van der Waals surface area contributed by atoms with E-state index in [4.69, 9.17) is 27.9 Å². The van der Waals surface area contributed by atoms with E-state index >= 15 is 0 Å². The van der Waals surface area contributed by atoms with Crippen molar-refractivity contribution < 1.29 is 14.3 Å². The minimum absolute atomic E-state index is 0.105. The van der Waals surface area contributed by atoms with Gasteiger partial charge in [0.05, 0.1) is 0 Å². The second-order valence-electron chi connectivity index (χ2n) is 6.58. The molecule has 29 heavy (non-hydrogen) atoms. The molecular formula is C22H26Cl2N2O3. The van der Waals surface area contributed by atoms with Gasteiger partial charge in [0, 0.05) is 28.7 Å². The second-order valence-corrected chi connectivity index (χ2v) is 7.39. The Hall–Kier alpha value is -2.24. The number of hydrogen-bond donors (Lipinski definition) is 1. The number of ether oxygens (including phenoxy) is 1. The first-order valence-corrected chi connectivity index (χ1v) is 10.3. The summed E-state index contributed by atoms with van der Waals surface area (Å²) in [5.41, 5.74) is 1.77. The lowest BCUT2D eigenvalue weighted by molar-refractivity contribution is -0.142. The lowest BCUT2D eigenvalue weighted by Gasteiger charge is -2.29. The number of hydrogen-bond acceptors (Lipinski definition) is 3.